The topological polar surface area (TPSA) is 47.1 Å². The largest absolute Gasteiger partial charge is 0.383 e. The minimum Gasteiger partial charge on any atom is -0.383 e. The molecule has 0 bridgehead atoms. The number of likely N-dealkylation sites (N-methyl/N-ethyl adjacent to an activating group) is 1. The lowest BCUT2D eigenvalue weighted by Crippen LogP contribution is -2.18. The van der Waals surface area contributed by atoms with Gasteiger partial charge >= 0.3 is 0 Å². The maximum absolute atomic E-state index is 5.86. The van der Waals surface area contributed by atoms with Crippen molar-refractivity contribution in [3.63, 3.8) is 0 Å². The standard InChI is InChI=1S/C8H13BrN4/c1-12-3-2-6(5-12)13-8(10)7(9)4-11-13/h4,6H,2-3,5,10H2,1H3. The summed E-state index contributed by atoms with van der Waals surface area (Å²) in [4.78, 5) is 2.29. The van der Waals surface area contributed by atoms with E-state index in [1.807, 2.05) is 4.68 Å². The molecule has 0 amide bonds. The van der Waals surface area contributed by atoms with Crippen LogP contribution < -0.4 is 5.73 Å². The maximum atomic E-state index is 5.86. The van der Waals surface area contributed by atoms with Crippen molar-refractivity contribution in [2.45, 2.75) is 12.5 Å². The van der Waals surface area contributed by atoms with Crippen LogP contribution in [0.3, 0.4) is 0 Å². The maximum Gasteiger partial charge on any atom is 0.136 e. The number of hydrogen-bond acceptors (Lipinski definition) is 3. The first-order valence-corrected chi connectivity index (χ1v) is 5.15. The molecule has 1 fully saturated rings. The quantitative estimate of drug-likeness (QED) is 0.806. The number of hydrogen-bond donors (Lipinski definition) is 1. The lowest BCUT2D eigenvalue weighted by atomic mass is 10.3. The van der Waals surface area contributed by atoms with E-state index in [0.29, 0.717) is 6.04 Å². The van der Waals surface area contributed by atoms with E-state index < -0.39 is 0 Å². The Bertz CT molecular complexity index is 309. The summed E-state index contributed by atoms with van der Waals surface area (Å²) in [5, 5.41) is 4.25. The third-order valence-corrected chi connectivity index (χ3v) is 3.11. The number of halogens is 1. The van der Waals surface area contributed by atoms with E-state index in [9.17, 15) is 0 Å². The Kier molecular flexibility index (Phi) is 2.29. The Labute approximate surface area is 85.8 Å². The van der Waals surface area contributed by atoms with E-state index >= 15 is 0 Å². The van der Waals surface area contributed by atoms with E-state index in [0.717, 1.165) is 29.8 Å². The molecule has 1 aromatic heterocycles. The van der Waals surface area contributed by atoms with Gasteiger partial charge in [-0.05, 0) is 29.4 Å². The molecule has 5 heteroatoms. The number of likely N-dealkylation sites (tertiary alicyclic amines) is 1. The van der Waals surface area contributed by atoms with Gasteiger partial charge in [0, 0.05) is 13.1 Å². The fourth-order valence-electron chi connectivity index (χ4n) is 1.75. The first-order chi connectivity index (χ1) is 6.18. The van der Waals surface area contributed by atoms with E-state index in [4.69, 9.17) is 5.73 Å². The van der Waals surface area contributed by atoms with Crippen LogP contribution in [0.1, 0.15) is 12.5 Å². The van der Waals surface area contributed by atoms with Crippen LogP contribution in [0.4, 0.5) is 5.82 Å². The molecule has 0 saturated carbocycles. The molecular formula is C8H13BrN4. The highest BCUT2D eigenvalue weighted by Crippen LogP contribution is 2.26. The van der Waals surface area contributed by atoms with Crippen LogP contribution >= 0.6 is 15.9 Å². The van der Waals surface area contributed by atoms with Gasteiger partial charge < -0.3 is 10.6 Å². The van der Waals surface area contributed by atoms with Gasteiger partial charge in [-0.1, -0.05) is 0 Å². The van der Waals surface area contributed by atoms with Gasteiger partial charge in [0.25, 0.3) is 0 Å². The van der Waals surface area contributed by atoms with Crippen molar-refractivity contribution in [2.24, 2.45) is 0 Å². The highest BCUT2D eigenvalue weighted by molar-refractivity contribution is 9.10. The van der Waals surface area contributed by atoms with Crippen molar-refractivity contribution < 1.29 is 0 Å². The Morgan fingerprint density at radius 1 is 1.69 bits per heavy atom. The summed E-state index contributed by atoms with van der Waals surface area (Å²) in [5.74, 6) is 0.736. The van der Waals surface area contributed by atoms with Gasteiger partial charge in [0.2, 0.25) is 0 Å². The van der Waals surface area contributed by atoms with E-state index in [2.05, 4.69) is 33.0 Å². The Balaban J connectivity index is 2.21. The summed E-state index contributed by atoms with van der Waals surface area (Å²) in [7, 11) is 2.12. The Hall–Kier alpha value is -0.550. The van der Waals surface area contributed by atoms with Crippen molar-refractivity contribution >= 4 is 21.7 Å². The molecular weight excluding hydrogens is 232 g/mol. The van der Waals surface area contributed by atoms with Crippen molar-refractivity contribution in [3.8, 4) is 0 Å². The number of anilines is 1. The minimum absolute atomic E-state index is 0.441. The predicted molar refractivity (Wildman–Crippen MR) is 55.5 cm³/mol. The van der Waals surface area contributed by atoms with Crippen molar-refractivity contribution in [1.29, 1.82) is 0 Å². The molecule has 1 aliphatic rings. The Morgan fingerprint density at radius 2 is 2.46 bits per heavy atom. The molecule has 1 aliphatic heterocycles. The summed E-state index contributed by atoms with van der Waals surface area (Å²) in [6.07, 6.45) is 2.89. The zero-order valence-electron chi connectivity index (χ0n) is 7.57. The van der Waals surface area contributed by atoms with E-state index in [1.165, 1.54) is 0 Å². The zero-order valence-corrected chi connectivity index (χ0v) is 9.16. The van der Waals surface area contributed by atoms with Gasteiger partial charge in [-0.3, -0.25) is 0 Å². The third kappa shape index (κ3) is 1.58. The normalized spacial score (nSPS) is 24.0. The monoisotopic (exact) mass is 244 g/mol. The minimum atomic E-state index is 0.441. The lowest BCUT2D eigenvalue weighted by molar-refractivity contribution is 0.384. The molecule has 1 atom stereocenters. The third-order valence-electron chi connectivity index (χ3n) is 2.50. The summed E-state index contributed by atoms with van der Waals surface area (Å²) < 4.78 is 2.80. The molecule has 1 unspecified atom stereocenters. The average Bonchev–Trinajstić information content (AvgIpc) is 2.62. The molecule has 0 aliphatic carbocycles. The zero-order chi connectivity index (χ0) is 9.42. The van der Waals surface area contributed by atoms with Gasteiger partial charge in [0.1, 0.15) is 5.82 Å². The number of rotatable bonds is 1. The molecule has 1 saturated heterocycles. The number of nitrogens with two attached hydrogens (primary N) is 1. The predicted octanol–water partition coefficient (Wildman–Crippen LogP) is 1.10. The number of nitrogen functional groups attached to an aromatic ring is 1. The van der Waals surface area contributed by atoms with Crippen molar-refractivity contribution in [1.82, 2.24) is 14.7 Å². The molecule has 13 heavy (non-hydrogen) atoms. The van der Waals surface area contributed by atoms with Gasteiger partial charge in [0.15, 0.2) is 0 Å². The fourth-order valence-corrected chi connectivity index (χ4v) is 2.03. The molecule has 4 nitrogen and oxygen atoms in total. The number of nitrogens with zero attached hydrogens (tertiary/aromatic N) is 3. The van der Waals surface area contributed by atoms with Crippen LogP contribution in [0.5, 0.6) is 0 Å². The molecule has 0 aromatic carbocycles. The molecule has 2 heterocycles. The summed E-state index contributed by atoms with van der Waals surface area (Å²) in [5.41, 5.74) is 5.86. The van der Waals surface area contributed by atoms with Gasteiger partial charge in [-0.25, -0.2) is 4.68 Å². The number of aromatic nitrogens is 2. The van der Waals surface area contributed by atoms with Gasteiger partial charge in [0.05, 0.1) is 16.7 Å². The second-order valence-electron chi connectivity index (χ2n) is 3.53. The molecule has 1 aromatic rings. The SMILES string of the molecule is CN1CCC(n2ncc(Br)c2N)C1. The molecule has 0 radical (unpaired) electrons. The second-order valence-corrected chi connectivity index (χ2v) is 4.38. The second kappa shape index (κ2) is 3.31. The molecule has 2 rings (SSSR count). The van der Waals surface area contributed by atoms with Crippen LogP contribution in [0, 0.1) is 0 Å². The van der Waals surface area contributed by atoms with Crippen molar-refractivity contribution in [2.75, 3.05) is 25.9 Å². The van der Waals surface area contributed by atoms with E-state index in [-0.39, 0.29) is 0 Å². The molecule has 72 valence electrons. The van der Waals surface area contributed by atoms with Crippen LogP contribution in [-0.4, -0.2) is 34.8 Å². The summed E-state index contributed by atoms with van der Waals surface area (Å²) >= 11 is 3.36. The van der Waals surface area contributed by atoms with Gasteiger partial charge in [-0.2, -0.15) is 5.10 Å². The summed E-state index contributed by atoms with van der Waals surface area (Å²) in [6, 6.07) is 0.441. The Morgan fingerprint density at radius 3 is 2.92 bits per heavy atom. The van der Waals surface area contributed by atoms with Crippen LogP contribution in [-0.2, 0) is 0 Å². The molecule has 0 spiro atoms. The van der Waals surface area contributed by atoms with Crippen LogP contribution in [0.15, 0.2) is 10.7 Å². The van der Waals surface area contributed by atoms with Crippen molar-refractivity contribution in [3.05, 3.63) is 10.7 Å². The lowest BCUT2D eigenvalue weighted by Gasteiger charge is -2.12. The smallest absolute Gasteiger partial charge is 0.136 e. The fraction of sp³-hybridized carbons (Fsp3) is 0.625. The first-order valence-electron chi connectivity index (χ1n) is 4.35. The highest BCUT2D eigenvalue weighted by Gasteiger charge is 2.23. The molecule has 2 N–H and O–H groups in total. The average molecular weight is 245 g/mol. The van der Waals surface area contributed by atoms with E-state index in [1.54, 1.807) is 6.20 Å². The van der Waals surface area contributed by atoms with Gasteiger partial charge in [-0.15, -0.1) is 0 Å². The highest BCUT2D eigenvalue weighted by atomic mass is 79.9. The van der Waals surface area contributed by atoms with Crippen LogP contribution in [0.25, 0.3) is 0 Å². The van der Waals surface area contributed by atoms with Crippen LogP contribution in [0.2, 0.25) is 0 Å². The summed E-state index contributed by atoms with van der Waals surface area (Å²) in [6.45, 7) is 2.17. The first kappa shape index (κ1) is 9.02.